The minimum Gasteiger partial charge on any atom is -0.508 e. The Morgan fingerprint density at radius 3 is 2.56 bits per heavy atom. The lowest BCUT2D eigenvalue weighted by atomic mass is 9.76. The molecule has 1 atom stereocenters. The number of aliphatic hydroxyl groups is 1. The molecule has 0 radical (unpaired) electrons. The predicted octanol–water partition coefficient (Wildman–Crippen LogP) is 3.03. The maximum Gasteiger partial charge on any atom is 0.283 e. The van der Waals surface area contributed by atoms with Crippen LogP contribution in [0.1, 0.15) is 16.7 Å². The van der Waals surface area contributed by atoms with Gasteiger partial charge in [-0.05, 0) is 47.4 Å². The predicted molar refractivity (Wildman–Crippen MR) is 123 cm³/mol. The number of hydrogen-bond acceptors (Lipinski definition) is 5. The third-order valence-corrected chi connectivity index (χ3v) is 6.67. The molecule has 2 N–H and O–H groups in total. The number of alkyl halides is 3. The minimum atomic E-state index is -3.32. The van der Waals surface area contributed by atoms with Gasteiger partial charge in [0.15, 0.2) is 0 Å². The zero-order valence-corrected chi connectivity index (χ0v) is 18.9. The second-order valence-electron chi connectivity index (χ2n) is 9.03. The molecule has 0 unspecified atom stereocenters. The molecule has 0 amide bonds. The second-order valence-corrected chi connectivity index (χ2v) is 9.03. The Labute approximate surface area is 197 Å². The van der Waals surface area contributed by atoms with E-state index in [9.17, 15) is 23.4 Å². The highest BCUT2D eigenvalue weighted by Crippen LogP contribution is 2.43. The number of ether oxygens (including phenoxy) is 1. The van der Waals surface area contributed by atoms with Crippen LogP contribution < -0.4 is 4.74 Å². The van der Waals surface area contributed by atoms with Crippen LogP contribution in [0.4, 0.5) is 13.2 Å². The Morgan fingerprint density at radius 2 is 1.91 bits per heavy atom. The summed E-state index contributed by atoms with van der Waals surface area (Å²) in [6, 6.07) is 11.8. The second kappa shape index (κ2) is 9.87. The zero-order valence-electron chi connectivity index (χ0n) is 18.9. The van der Waals surface area contributed by atoms with Gasteiger partial charge in [-0.25, -0.2) is 8.78 Å². The molecule has 0 saturated carbocycles. The summed E-state index contributed by atoms with van der Waals surface area (Å²) in [6.07, 6.45) is 6.48. The Balaban J connectivity index is 1.58. The van der Waals surface area contributed by atoms with Crippen molar-refractivity contribution in [1.29, 1.82) is 0 Å². The van der Waals surface area contributed by atoms with Crippen molar-refractivity contribution in [3.63, 3.8) is 0 Å². The lowest BCUT2D eigenvalue weighted by molar-refractivity contribution is -0.0849. The number of fused-ring (bicyclic) bond motifs is 1. The summed E-state index contributed by atoms with van der Waals surface area (Å²) in [7, 11) is 0. The van der Waals surface area contributed by atoms with Crippen LogP contribution in [0.25, 0.3) is 0 Å². The van der Waals surface area contributed by atoms with Crippen LogP contribution in [0.3, 0.4) is 0 Å². The van der Waals surface area contributed by atoms with Gasteiger partial charge in [0, 0.05) is 32.1 Å². The maximum atomic E-state index is 14.3. The quantitative estimate of drug-likeness (QED) is 0.548. The zero-order chi connectivity index (χ0) is 24.3. The van der Waals surface area contributed by atoms with Crippen LogP contribution in [0, 0.1) is 18.3 Å². The summed E-state index contributed by atoms with van der Waals surface area (Å²) in [5.74, 6) is 0.267. The lowest BCUT2D eigenvalue weighted by Gasteiger charge is -2.46. The van der Waals surface area contributed by atoms with E-state index in [0.717, 1.165) is 18.7 Å². The van der Waals surface area contributed by atoms with Crippen LogP contribution in [-0.4, -0.2) is 78.5 Å². The van der Waals surface area contributed by atoms with E-state index in [1.807, 2.05) is 0 Å². The molecule has 1 fully saturated rings. The van der Waals surface area contributed by atoms with Crippen molar-refractivity contribution in [3.8, 4) is 23.8 Å². The molecule has 1 saturated heterocycles. The summed E-state index contributed by atoms with van der Waals surface area (Å²) in [6.45, 7) is 0.608. The molecule has 2 aromatic rings. The van der Waals surface area contributed by atoms with Gasteiger partial charge in [-0.1, -0.05) is 24.1 Å². The van der Waals surface area contributed by atoms with Crippen molar-refractivity contribution in [2.24, 2.45) is 5.92 Å². The van der Waals surface area contributed by atoms with E-state index in [1.165, 1.54) is 11.0 Å². The molecule has 2 heterocycles. The number of aromatic hydroxyl groups is 1. The van der Waals surface area contributed by atoms with E-state index < -0.39 is 24.6 Å². The fourth-order valence-electron chi connectivity index (χ4n) is 4.89. The van der Waals surface area contributed by atoms with Gasteiger partial charge in [0.25, 0.3) is 5.92 Å². The number of hydrogen-bond donors (Lipinski definition) is 2. The van der Waals surface area contributed by atoms with E-state index in [4.69, 9.17) is 11.2 Å². The number of nitrogens with zero attached hydrogens (tertiary/aromatic N) is 2. The number of likely N-dealkylation sites (tertiary alicyclic amines) is 1. The number of halogens is 3. The molecule has 182 valence electrons. The van der Waals surface area contributed by atoms with Gasteiger partial charge in [-0.3, -0.25) is 14.2 Å². The van der Waals surface area contributed by atoms with Crippen LogP contribution in [0.5, 0.6) is 11.5 Å². The SMILES string of the molecule is C#C[C@]1(c2ccc(OCCN3CC(CF)C3)cc2)c2ccc(O)cc2CCN1CC(F)(F)CO. The smallest absolute Gasteiger partial charge is 0.283 e. The number of phenolic OH excluding ortho intramolecular Hbond substituents is 1. The van der Waals surface area contributed by atoms with Gasteiger partial charge in [0.1, 0.15) is 30.3 Å². The van der Waals surface area contributed by atoms with Gasteiger partial charge < -0.3 is 14.9 Å². The molecule has 5 nitrogen and oxygen atoms in total. The molecular formula is C26H29F3N2O3. The number of benzene rings is 2. The Kier molecular flexibility index (Phi) is 7.08. The van der Waals surface area contributed by atoms with Crippen molar-refractivity contribution in [2.45, 2.75) is 17.9 Å². The van der Waals surface area contributed by atoms with Gasteiger partial charge in [-0.2, -0.15) is 0 Å². The monoisotopic (exact) mass is 474 g/mol. The summed E-state index contributed by atoms with van der Waals surface area (Å²) in [4.78, 5) is 3.64. The van der Waals surface area contributed by atoms with Crippen molar-refractivity contribution in [2.75, 3.05) is 52.6 Å². The molecule has 0 aromatic heterocycles. The normalized spacial score (nSPS) is 21.5. The van der Waals surface area contributed by atoms with Crippen LogP contribution in [0.15, 0.2) is 42.5 Å². The largest absolute Gasteiger partial charge is 0.508 e. The van der Waals surface area contributed by atoms with Gasteiger partial charge in [0.05, 0.1) is 13.2 Å². The molecule has 2 aromatic carbocycles. The van der Waals surface area contributed by atoms with Gasteiger partial charge >= 0.3 is 0 Å². The molecule has 2 aliphatic heterocycles. The molecule has 34 heavy (non-hydrogen) atoms. The van der Waals surface area contributed by atoms with Crippen molar-refractivity contribution < 1.29 is 28.1 Å². The molecule has 2 aliphatic rings. The number of phenols is 1. The van der Waals surface area contributed by atoms with Crippen molar-refractivity contribution in [3.05, 3.63) is 59.2 Å². The summed E-state index contributed by atoms with van der Waals surface area (Å²) >= 11 is 0. The topological polar surface area (TPSA) is 56.2 Å². The van der Waals surface area contributed by atoms with E-state index in [0.29, 0.717) is 36.4 Å². The molecular weight excluding hydrogens is 445 g/mol. The van der Waals surface area contributed by atoms with E-state index >= 15 is 0 Å². The van der Waals surface area contributed by atoms with E-state index in [1.54, 1.807) is 36.4 Å². The third-order valence-electron chi connectivity index (χ3n) is 6.67. The Hall–Kier alpha value is -2.73. The highest BCUT2D eigenvalue weighted by Gasteiger charge is 2.47. The van der Waals surface area contributed by atoms with Crippen molar-refractivity contribution >= 4 is 0 Å². The molecule has 0 bridgehead atoms. The first-order chi connectivity index (χ1) is 16.3. The highest BCUT2D eigenvalue weighted by atomic mass is 19.3. The molecule has 0 spiro atoms. The lowest BCUT2D eigenvalue weighted by Crippen LogP contribution is -2.55. The summed E-state index contributed by atoms with van der Waals surface area (Å²) in [5, 5.41) is 19.1. The number of terminal acetylenes is 1. The minimum absolute atomic E-state index is 0.0857. The molecule has 8 heteroatoms. The Bertz CT molecular complexity index is 1030. The highest BCUT2D eigenvalue weighted by molar-refractivity contribution is 5.54. The van der Waals surface area contributed by atoms with Gasteiger partial charge in [0.2, 0.25) is 0 Å². The fraction of sp³-hybridized carbons (Fsp3) is 0.462. The maximum absolute atomic E-state index is 14.3. The number of rotatable bonds is 9. The molecule has 4 rings (SSSR count). The standard InChI is InChI=1S/C26H29F3N2O3/c1-2-26(21-3-6-23(7-4-21)34-12-11-30-15-19(14-27)16-30)24-8-5-22(33)13-20(24)9-10-31(26)17-25(28,29)18-32/h1,3-8,13,19,32-33H,9-12,14-18H2/t26-/m0/s1. The first-order valence-corrected chi connectivity index (χ1v) is 11.4. The van der Waals surface area contributed by atoms with Crippen LogP contribution in [-0.2, 0) is 12.0 Å². The average Bonchev–Trinajstić information content (AvgIpc) is 2.81. The summed E-state index contributed by atoms with van der Waals surface area (Å²) < 4.78 is 46.9. The summed E-state index contributed by atoms with van der Waals surface area (Å²) in [5.41, 5.74) is 0.776. The van der Waals surface area contributed by atoms with Crippen LogP contribution >= 0.6 is 0 Å². The van der Waals surface area contributed by atoms with E-state index in [-0.39, 0.29) is 24.9 Å². The number of aliphatic hydroxyl groups excluding tert-OH is 1. The van der Waals surface area contributed by atoms with Crippen molar-refractivity contribution in [1.82, 2.24) is 9.80 Å². The Morgan fingerprint density at radius 1 is 1.18 bits per heavy atom. The first kappa shape index (κ1) is 24.4. The average molecular weight is 475 g/mol. The third kappa shape index (κ3) is 4.74. The molecule has 0 aliphatic carbocycles. The fourth-order valence-corrected chi connectivity index (χ4v) is 4.89. The van der Waals surface area contributed by atoms with E-state index in [2.05, 4.69) is 10.8 Å². The van der Waals surface area contributed by atoms with Crippen LogP contribution in [0.2, 0.25) is 0 Å². The van der Waals surface area contributed by atoms with Gasteiger partial charge in [-0.15, -0.1) is 6.42 Å². The first-order valence-electron chi connectivity index (χ1n) is 11.4.